The Morgan fingerprint density at radius 1 is 1.09 bits per heavy atom. The Hall–Kier alpha value is -2.80. The lowest BCUT2D eigenvalue weighted by atomic mass is 10.2. The van der Waals surface area contributed by atoms with Gasteiger partial charge in [0.05, 0.1) is 11.1 Å². The van der Waals surface area contributed by atoms with E-state index >= 15 is 0 Å². The van der Waals surface area contributed by atoms with E-state index in [0.717, 1.165) is 0 Å². The number of hydrogen-bond donors (Lipinski definition) is 3. The van der Waals surface area contributed by atoms with Gasteiger partial charge in [-0.25, -0.2) is 9.18 Å². The minimum atomic E-state index is -1.08. The van der Waals surface area contributed by atoms with Gasteiger partial charge in [-0.15, -0.1) is 0 Å². The molecule has 3 N–H and O–H groups in total. The number of hydrogen-bond acceptors (Lipinski definition) is 3. The van der Waals surface area contributed by atoms with Crippen LogP contribution in [0.5, 0.6) is 0 Å². The standard InChI is InChI=1S/C15H11FN2O3S/c16-12-7-2-1-6-11(12)13(19)18-15(22)17-10-5-3-4-9(8-10)14(20)21/h1-8H,(H,20,21)(H2,17,18,19,22). The maximum Gasteiger partial charge on any atom is 0.335 e. The topological polar surface area (TPSA) is 78.4 Å². The molecule has 0 atom stereocenters. The quantitative estimate of drug-likeness (QED) is 0.758. The fraction of sp³-hybridized carbons (Fsp3) is 0. The molecule has 7 heteroatoms. The molecule has 0 saturated heterocycles. The minimum Gasteiger partial charge on any atom is -0.478 e. The van der Waals surface area contributed by atoms with E-state index in [9.17, 15) is 14.0 Å². The molecule has 0 aliphatic heterocycles. The van der Waals surface area contributed by atoms with Gasteiger partial charge in [-0.3, -0.25) is 10.1 Å². The fourth-order valence-corrected chi connectivity index (χ4v) is 1.92. The molecule has 0 aliphatic rings. The third kappa shape index (κ3) is 3.86. The van der Waals surface area contributed by atoms with Crippen molar-refractivity contribution in [3.8, 4) is 0 Å². The van der Waals surface area contributed by atoms with Crippen LogP contribution in [0.3, 0.4) is 0 Å². The van der Waals surface area contributed by atoms with E-state index in [2.05, 4.69) is 10.6 Å². The number of rotatable bonds is 3. The zero-order chi connectivity index (χ0) is 16.1. The molecule has 0 spiro atoms. The fourth-order valence-electron chi connectivity index (χ4n) is 1.71. The van der Waals surface area contributed by atoms with Crippen LogP contribution >= 0.6 is 12.2 Å². The van der Waals surface area contributed by atoms with Gasteiger partial charge in [-0.1, -0.05) is 18.2 Å². The van der Waals surface area contributed by atoms with Gasteiger partial charge in [0.2, 0.25) is 0 Å². The number of carboxylic acid groups (broad SMARTS) is 1. The molecule has 0 aliphatic carbocycles. The summed E-state index contributed by atoms with van der Waals surface area (Å²) in [4.78, 5) is 22.7. The maximum atomic E-state index is 13.5. The third-order valence-corrected chi connectivity index (χ3v) is 2.92. The number of amides is 1. The number of carbonyl (C=O) groups excluding carboxylic acids is 1. The second kappa shape index (κ2) is 6.77. The maximum absolute atomic E-state index is 13.5. The summed E-state index contributed by atoms with van der Waals surface area (Å²) in [6.45, 7) is 0. The van der Waals surface area contributed by atoms with Crippen LogP contribution in [0, 0.1) is 5.82 Å². The number of halogens is 1. The molecule has 0 aromatic heterocycles. The van der Waals surface area contributed by atoms with Crippen LogP contribution in [0.1, 0.15) is 20.7 Å². The van der Waals surface area contributed by atoms with E-state index in [0.29, 0.717) is 5.69 Å². The van der Waals surface area contributed by atoms with E-state index in [1.807, 2.05) is 0 Å². The number of thiocarbonyl (C=S) groups is 1. The lowest BCUT2D eigenvalue weighted by Gasteiger charge is -2.10. The van der Waals surface area contributed by atoms with Crippen molar-refractivity contribution in [2.45, 2.75) is 0 Å². The summed E-state index contributed by atoms with van der Waals surface area (Å²) in [5, 5.41) is 13.8. The van der Waals surface area contributed by atoms with Crippen LogP contribution in [0.2, 0.25) is 0 Å². The summed E-state index contributed by atoms with van der Waals surface area (Å²) < 4.78 is 13.5. The minimum absolute atomic E-state index is 0.0595. The van der Waals surface area contributed by atoms with E-state index in [1.54, 1.807) is 6.07 Å². The summed E-state index contributed by atoms with van der Waals surface area (Å²) in [7, 11) is 0. The summed E-state index contributed by atoms with van der Waals surface area (Å²) >= 11 is 4.95. The van der Waals surface area contributed by atoms with Gasteiger partial charge in [-0.05, 0) is 42.5 Å². The van der Waals surface area contributed by atoms with Gasteiger partial charge < -0.3 is 10.4 Å². The zero-order valence-electron chi connectivity index (χ0n) is 11.2. The molecule has 0 bridgehead atoms. The molecule has 1 amide bonds. The second-order valence-electron chi connectivity index (χ2n) is 4.27. The van der Waals surface area contributed by atoms with Crippen LogP contribution < -0.4 is 10.6 Å². The largest absolute Gasteiger partial charge is 0.478 e. The normalized spacial score (nSPS) is 9.86. The van der Waals surface area contributed by atoms with E-state index in [1.165, 1.54) is 42.5 Å². The molecule has 0 radical (unpaired) electrons. The summed E-state index contributed by atoms with van der Waals surface area (Å²) in [5.41, 5.74) is 0.345. The SMILES string of the molecule is O=C(O)c1cccc(NC(=S)NC(=O)c2ccccc2F)c1. The first kappa shape index (κ1) is 15.6. The number of carbonyl (C=O) groups is 2. The van der Waals surface area contributed by atoms with Gasteiger partial charge in [0.25, 0.3) is 5.91 Å². The van der Waals surface area contributed by atoms with Crippen molar-refractivity contribution in [3.05, 3.63) is 65.5 Å². The molecule has 22 heavy (non-hydrogen) atoms. The Morgan fingerprint density at radius 2 is 1.82 bits per heavy atom. The predicted molar refractivity (Wildman–Crippen MR) is 83.5 cm³/mol. The molecule has 0 heterocycles. The smallest absolute Gasteiger partial charge is 0.335 e. The highest BCUT2D eigenvalue weighted by molar-refractivity contribution is 7.80. The van der Waals surface area contributed by atoms with E-state index in [-0.39, 0.29) is 16.2 Å². The zero-order valence-corrected chi connectivity index (χ0v) is 12.0. The number of benzene rings is 2. The molecule has 2 rings (SSSR count). The molecule has 2 aromatic rings. The van der Waals surface area contributed by atoms with Crippen LogP contribution in [0.4, 0.5) is 10.1 Å². The average molecular weight is 318 g/mol. The summed E-state index contributed by atoms with van der Waals surface area (Å²) in [5.74, 6) is -2.43. The number of nitrogens with one attached hydrogen (secondary N) is 2. The molecule has 5 nitrogen and oxygen atoms in total. The molecular formula is C15H11FN2O3S. The number of aromatic carboxylic acids is 1. The highest BCUT2D eigenvalue weighted by atomic mass is 32.1. The average Bonchev–Trinajstić information content (AvgIpc) is 2.47. The number of anilines is 1. The van der Waals surface area contributed by atoms with Crippen molar-refractivity contribution in [1.29, 1.82) is 0 Å². The van der Waals surface area contributed by atoms with Crippen LogP contribution in [-0.2, 0) is 0 Å². The molecular weight excluding hydrogens is 307 g/mol. The highest BCUT2D eigenvalue weighted by Crippen LogP contribution is 2.11. The van der Waals surface area contributed by atoms with Crippen LogP contribution in [0.15, 0.2) is 48.5 Å². The number of carboxylic acids is 1. The van der Waals surface area contributed by atoms with Crippen molar-refractivity contribution >= 4 is 34.9 Å². The van der Waals surface area contributed by atoms with E-state index < -0.39 is 17.7 Å². The van der Waals surface area contributed by atoms with Crippen molar-refractivity contribution in [2.24, 2.45) is 0 Å². The molecule has 0 unspecified atom stereocenters. The third-order valence-electron chi connectivity index (χ3n) is 2.71. The van der Waals surface area contributed by atoms with Gasteiger partial charge in [0, 0.05) is 5.69 Å². The molecule has 0 fully saturated rings. The van der Waals surface area contributed by atoms with Crippen LogP contribution in [0.25, 0.3) is 0 Å². The Kier molecular flexibility index (Phi) is 4.80. The van der Waals surface area contributed by atoms with Gasteiger partial charge in [0.1, 0.15) is 5.82 Å². The van der Waals surface area contributed by atoms with Crippen molar-refractivity contribution < 1.29 is 19.1 Å². The Labute approximate surface area is 130 Å². The Morgan fingerprint density at radius 3 is 2.50 bits per heavy atom. The predicted octanol–water partition coefficient (Wildman–Crippen LogP) is 2.65. The first-order valence-electron chi connectivity index (χ1n) is 6.17. The van der Waals surface area contributed by atoms with Crippen molar-refractivity contribution in [1.82, 2.24) is 5.32 Å². The monoisotopic (exact) mass is 318 g/mol. The lowest BCUT2D eigenvalue weighted by Crippen LogP contribution is -2.34. The Bertz CT molecular complexity index is 749. The lowest BCUT2D eigenvalue weighted by molar-refractivity contribution is 0.0696. The van der Waals surface area contributed by atoms with Gasteiger partial charge in [0.15, 0.2) is 5.11 Å². The first-order chi connectivity index (χ1) is 10.5. The molecule has 2 aromatic carbocycles. The van der Waals surface area contributed by atoms with Crippen LogP contribution in [-0.4, -0.2) is 22.1 Å². The van der Waals surface area contributed by atoms with Gasteiger partial charge in [-0.2, -0.15) is 0 Å². The summed E-state index contributed by atoms with van der Waals surface area (Å²) in [6, 6.07) is 11.4. The van der Waals surface area contributed by atoms with E-state index in [4.69, 9.17) is 17.3 Å². The van der Waals surface area contributed by atoms with Crippen molar-refractivity contribution in [3.63, 3.8) is 0 Å². The Balaban J connectivity index is 2.04. The molecule has 112 valence electrons. The van der Waals surface area contributed by atoms with Crippen molar-refractivity contribution in [2.75, 3.05) is 5.32 Å². The first-order valence-corrected chi connectivity index (χ1v) is 6.58. The molecule has 0 saturated carbocycles. The summed E-state index contributed by atoms with van der Waals surface area (Å²) in [6.07, 6.45) is 0. The second-order valence-corrected chi connectivity index (χ2v) is 4.68. The van der Waals surface area contributed by atoms with Gasteiger partial charge >= 0.3 is 5.97 Å². The highest BCUT2D eigenvalue weighted by Gasteiger charge is 2.12.